The van der Waals surface area contributed by atoms with Gasteiger partial charge < -0.3 is 15.4 Å². The van der Waals surface area contributed by atoms with Crippen LogP contribution in [0.4, 0.5) is 15.8 Å². The van der Waals surface area contributed by atoms with Gasteiger partial charge in [-0.2, -0.15) is 0 Å². The minimum absolute atomic E-state index is 0.282. The molecule has 0 aliphatic carbocycles. The van der Waals surface area contributed by atoms with Crippen molar-refractivity contribution in [1.29, 1.82) is 0 Å². The summed E-state index contributed by atoms with van der Waals surface area (Å²) in [5.41, 5.74) is 8.25. The van der Waals surface area contributed by atoms with Crippen LogP contribution in [0.15, 0.2) is 42.5 Å². The highest BCUT2D eigenvalue weighted by molar-refractivity contribution is 5.58. The summed E-state index contributed by atoms with van der Waals surface area (Å²) in [4.78, 5) is 1.93. The Bertz CT molecular complexity index is 572. The Morgan fingerprint density at radius 1 is 1.21 bits per heavy atom. The third kappa shape index (κ3) is 3.16. The van der Waals surface area contributed by atoms with Crippen LogP contribution in [0.5, 0.6) is 5.75 Å². The predicted molar refractivity (Wildman–Crippen MR) is 75.9 cm³/mol. The van der Waals surface area contributed by atoms with E-state index in [0.717, 1.165) is 11.3 Å². The number of benzene rings is 2. The van der Waals surface area contributed by atoms with Crippen LogP contribution in [-0.4, -0.2) is 14.2 Å². The van der Waals surface area contributed by atoms with Crippen LogP contribution in [0, 0.1) is 5.82 Å². The van der Waals surface area contributed by atoms with E-state index in [-0.39, 0.29) is 5.82 Å². The lowest BCUT2D eigenvalue weighted by Crippen LogP contribution is -2.17. The Balaban J connectivity index is 2.24. The minimum atomic E-state index is -0.282. The van der Waals surface area contributed by atoms with Crippen LogP contribution >= 0.6 is 0 Å². The molecule has 0 saturated carbocycles. The van der Waals surface area contributed by atoms with Crippen LogP contribution in [0.3, 0.4) is 0 Å². The molecule has 2 aromatic rings. The van der Waals surface area contributed by atoms with Gasteiger partial charge in [0.2, 0.25) is 0 Å². The van der Waals surface area contributed by atoms with E-state index < -0.39 is 0 Å². The van der Waals surface area contributed by atoms with E-state index in [2.05, 4.69) is 0 Å². The quantitative estimate of drug-likeness (QED) is 0.859. The number of anilines is 2. The summed E-state index contributed by atoms with van der Waals surface area (Å²) in [6.45, 7) is 0.630. The molecule has 0 heterocycles. The first-order valence-electron chi connectivity index (χ1n) is 5.99. The molecule has 0 bridgehead atoms. The van der Waals surface area contributed by atoms with Gasteiger partial charge in [0.15, 0.2) is 0 Å². The highest BCUT2D eigenvalue weighted by atomic mass is 19.1. The summed E-state index contributed by atoms with van der Waals surface area (Å²) in [6.07, 6.45) is 0. The zero-order chi connectivity index (χ0) is 13.8. The first kappa shape index (κ1) is 13.2. The SMILES string of the molecule is COc1ccc(F)cc1N(C)Cc1cccc(N)c1. The van der Waals surface area contributed by atoms with Crippen molar-refractivity contribution in [3.05, 3.63) is 53.8 Å². The van der Waals surface area contributed by atoms with Crippen LogP contribution in [0.1, 0.15) is 5.56 Å². The lowest BCUT2D eigenvalue weighted by molar-refractivity contribution is 0.413. The topological polar surface area (TPSA) is 38.5 Å². The van der Waals surface area contributed by atoms with Gasteiger partial charge in [-0.25, -0.2) is 4.39 Å². The average Bonchev–Trinajstić information content (AvgIpc) is 2.38. The van der Waals surface area contributed by atoms with E-state index in [4.69, 9.17) is 10.5 Å². The standard InChI is InChI=1S/C15H17FN2O/c1-18(10-11-4-3-5-13(17)8-11)14-9-12(16)6-7-15(14)19-2/h3-9H,10,17H2,1-2H3. The van der Waals surface area contributed by atoms with Crippen molar-refractivity contribution in [3.63, 3.8) is 0 Å². The maximum atomic E-state index is 13.3. The molecular weight excluding hydrogens is 243 g/mol. The Morgan fingerprint density at radius 2 is 2.00 bits per heavy atom. The Hall–Kier alpha value is -2.23. The van der Waals surface area contributed by atoms with Crippen LogP contribution in [0.25, 0.3) is 0 Å². The van der Waals surface area contributed by atoms with Gasteiger partial charge in [-0.05, 0) is 29.8 Å². The van der Waals surface area contributed by atoms with Gasteiger partial charge in [0.05, 0.1) is 12.8 Å². The first-order chi connectivity index (χ1) is 9.10. The molecule has 0 aliphatic heterocycles. The average molecular weight is 260 g/mol. The fraction of sp³-hybridized carbons (Fsp3) is 0.200. The Morgan fingerprint density at radius 3 is 2.68 bits per heavy atom. The Labute approximate surface area is 112 Å². The molecular formula is C15H17FN2O. The van der Waals surface area contributed by atoms with Gasteiger partial charge in [-0.1, -0.05) is 12.1 Å². The molecule has 19 heavy (non-hydrogen) atoms. The van der Waals surface area contributed by atoms with Crippen LogP contribution in [-0.2, 0) is 6.54 Å². The molecule has 2 N–H and O–H groups in total. The molecule has 0 unspecified atom stereocenters. The molecule has 0 atom stereocenters. The lowest BCUT2D eigenvalue weighted by atomic mass is 10.2. The van der Waals surface area contributed by atoms with Crippen molar-refractivity contribution in [2.75, 3.05) is 24.8 Å². The fourth-order valence-electron chi connectivity index (χ4n) is 2.01. The second-order valence-electron chi connectivity index (χ2n) is 4.42. The molecule has 4 heteroatoms. The normalized spacial score (nSPS) is 10.3. The molecule has 0 aromatic heterocycles. The number of hydrogen-bond acceptors (Lipinski definition) is 3. The van der Waals surface area contributed by atoms with E-state index in [0.29, 0.717) is 18.0 Å². The van der Waals surface area contributed by atoms with Gasteiger partial charge in [0.25, 0.3) is 0 Å². The zero-order valence-corrected chi connectivity index (χ0v) is 11.1. The van der Waals surface area contributed by atoms with E-state index in [1.165, 1.54) is 12.1 Å². The van der Waals surface area contributed by atoms with Crippen molar-refractivity contribution in [2.24, 2.45) is 0 Å². The van der Waals surface area contributed by atoms with Crippen molar-refractivity contribution in [3.8, 4) is 5.75 Å². The smallest absolute Gasteiger partial charge is 0.142 e. The molecule has 3 nitrogen and oxygen atoms in total. The minimum Gasteiger partial charge on any atom is -0.495 e. The molecule has 0 amide bonds. The highest BCUT2D eigenvalue weighted by Gasteiger charge is 2.10. The second-order valence-corrected chi connectivity index (χ2v) is 4.42. The number of nitrogens with two attached hydrogens (primary N) is 1. The van der Waals surface area contributed by atoms with Gasteiger partial charge >= 0.3 is 0 Å². The van der Waals surface area contributed by atoms with Crippen LogP contribution in [0.2, 0.25) is 0 Å². The summed E-state index contributed by atoms with van der Waals surface area (Å²) < 4.78 is 18.6. The maximum Gasteiger partial charge on any atom is 0.142 e. The number of rotatable bonds is 4. The molecule has 0 fully saturated rings. The summed E-state index contributed by atoms with van der Waals surface area (Å²) in [5.74, 6) is 0.364. The van der Waals surface area contributed by atoms with E-state index in [1.54, 1.807) is 13.2 Å². The number of halogens is 1. The number of hydrogen-bond donors (Lipinski definition) is 1. The largest absolute Gasteiger partial charge is 0.495 e. The lowest BCUT2D eigenvalue weighted by Gasteiger charge is -2.22. The van der Waals surface area contributed by atoms with Crippen LogP contribution < -0.4 is 15.4 Å². The number of ether oxygens (including phenoxy) is 1. The summed E-state index contributed by atoms with van der Waals surface area (Å²) in [7, 11) is 3.46. The molecule has 0 aliphatic rings. The summed E-state index contributed by atoms with van der Waals surface area (Å²) in [5, 5.41) is 0. The molecule has 0 radical (unpaired) electrons. The van der Waals surface area contributed by atoms with Gasteiger partial charge in [-0.15, -0.1) is 0 Å². The fourth-order valence-corrected chi connectivity index (χ4v) is 2.01. The van der Waals surface area contributed by atoms with Crippen molar-refractivity contribution in [2.45, 2.75) is 6.54 Å². The third-order valence-electron chi connectivity index (χ3n) is 2.92. The predicted octanol–water partition coefficient (Wildman–Crippen LogP) is 3.05. The van der Waals surface area contributed by atoms with Gasteiger partial charge in [0, 0.05) is 25.3 Å². The van der Waals surface area contributed by atoms with Gasteiger partial charge in [-0.3, -0.25) is 0 Å². The van der Waals surface area contributed by atoms with E-state index in [1.807, 2.05) is 36.2 Å². The van der Waals surface area contributed by atoms with E-state index in [9.17, 15) is 4.39 Å². The number of nitrogens with zero attached hydrogens (tertiary/aromatic N) is 1. The van der Waals surface area contributed by atoms with Gasteiger partial charge in [0.1, 0.15) is 11.6 Å². The second kappa shape index (κ2) is 5.61. The number of methoxy groups -OCH3 is 1. The van der Waals surface area contributed by atoms with E-state index >= 15 is 0 Å². The summed E-state index contributed by atoms with van der Waals surface area (Å²) >= 11 is 0. The molecule has 0 saturated heterocycles. The monoisotopic (exact) mass is 260 g/mol. The highest BCUT2D eigenvalue weighted by Crippen LogP contribution is 2.29. The van der Waals surface area contributed by atoms with Crippen molar-refractivity contribution < 1.29 is 9.13 Å². The third-order valence-corrected chi connectivity index (χ3v) is 2.92. The molecule has 0 spiro atoms. The molecule has 2 aromatic carbocycles. The number of nitrogen functional groups attached to an aromatic ring is 1. The Kier molecular flexibility index (Phi) is 3.90. The first-order valence-corrected chi connectivity index (χ1v) is 5.99. The zero-order valence-electron chi connectivity index (χ0n) is 11.1. The van der Waals surface area contributed by atoms with Crippen molar-refractivity contribution >= 4 is 11.4 Å². The maximum absolute atomic E-state index is 13.3. The molecule has 100 valence electrons. The molecule has 2 rings (SSSR count). The summed E-state index contributed by atoms with van der Waals surface area (Å²) in [6, 6.07) is 12.1. The van der Waals surface area contributed by atoms with Crippen molar-refractivity contribution in [1.82, 2.24) is 0 Å².